The SMILES string of the molecule is Cc1cccc(C(=O)NCC2CCCC(N)C2)c1F. The first kappa shape index (κ1) is 14.0. The molecule has 1 fully saturated rings. The summed E-state index contributed by atoms with van der Waals surface area (Å²) >= 11 is 0. The fourth-order valence-electron chi connectivity index (χ4n) is 2.67. The Bertz CT molecular complexity index is 461. The summed E-state index contributed by atoms with van der Waals surface area (Å²) in [6.45, 7) is 2.24. The van der Waals surface area contributed by atoms with Crippen molar-refractivity contribution in [2.24, 2.45) is 11.7 Å². The molecule has 19 heavy (non-hydrogen) atoms. The van der Waals surface area contributed by atoms with Gasteiger partial charge in [0.25, 0.3) is 5.91 Å². The second-order valence-electron chi connectivity index (χ2n) is 5.44. The Balaban J connectivity index is 1.92. The van der Waals surface area contributed by atoms with Crippen LogP contribution in [-0.4, -0.2) is 18.5 Å². The van der Waals surface area contributed by atoms with Crippen molar-refractivity contribution in [1.82, 2.24) is 5.32 Å². The number of hydrogen-bond acceptors (Lipinski definition) is 2. The van der Waals surface area contributed by atoms with Gasteiger partial charge in [0.15, 0.2) is 0 Å². The normalized spacial score (nSPS) is 23.1. The smallest absolute Gasteiger partial charge is 0.254 e. The summed E-state index contributed by atoms with van der Waals surface area (Å²) in [7, 11) is 0. The van der Waals surface area contributed by atoms with E-state index in [9.17, 15) is 9.18 Å². The molecule has 0 aliphatic heterocycles. The molecule has 4 heteroatoms. The molecule has 2 atom stereocenters. The van der Waals surface area contributed by atoms with E-state index in [0.29, 0.717) is 18.0 Å². The summed E-state index contributed by atoms with van der Waals surface area (Å²) in [5, 5.41) is 2.82. The maximum atomic E-state index is 13.8. The minimum absolute atomic E-state index is 0.125. The number of aryl methyl sites for hydroxylation is 1. The number of rotatable bonds is 3. The highest BCUT2D eigenvalue weighted by Crippen LogP contribution is 2.22. The van der Waals surface area contributed by atoms with Gasteiger partial charge in [0.1, 0.15) is 5.82 Å². The van der Waals surface area contributed by atoms with Crippen LogP contribution < -0.4 is 11.1 Å². The lowest BCUT2D eigenvalue weighted by Gasteiger charge is -2.26. The highest BCUT2D eigenvalue weighted by molar-refractivity contribution is 5.94. The zero-order chi connectivity index (χ0) is 13.8. The Hall–Kier alpha value is -1.42. The van der Waals surface area contributed by atoms with Crippen molar-refractivity contribution >= 4 is 5.91 Å². The summed E-state index contributed by atoms with van der Waals surface area (Å²) in [6, 6.07) is 5.12. The van der Waals surface area contributed by atoms with Gasteiger partial charge in [-0.2, -0.15) is 0 Å². The van der Waals surface area contributed by atoms with Crippen LogP contribution >= 0.6 is 0 Å². The number of nitrogens with one attached hydrogen (secondary N) is 1. The van der Waals surface area contributed by atoms with Gasteiger partial charge in [0, 0.05) is 12.6 Å². The van der Waals surface area contributed by atoms with Crippen LogP contribution in [0.1, 0.15) is 41.6 Å². The predicted octanol–water partition coefficient (Wildman–Crippen LogP) is 2.38. The van der Waals surface area contributed by atoms with Gasteiger partial charge in [0.05, 0.1) is 5.56 Å². The molecule has 0 aromatic heterocycles. The minimum Gasteiger partial charge on any atom is -0.352 e. The third-order valence-corrected chi connectivity index (χ3v) is 3.81. The molecule has 1 aromatic rings. The summed E-state index contributed by atoms with van der Waals surface area (Å²) in [4.78, 5) is 12.0. The van der Waals surface area contributed by atoms with Crippen LogP contribution in [0.3, 0.4) is 0 Å². The number of carbonyl (C=O) groups excluding carboxylic acids is 1. The Morgan fingerprint density at radius 2 is 2.26 bits per heavy atom. The van der Waals surface area contributed by atoms with Crippen molar-refractivity contribution in [3.63, 3.8) is 0 Å². The van der Waals surface area contributed by atoms with Crippen LogP contribution in [0.25, 0.3) is 0 Å². The first-order valence-electron chi connectivity index (χ1n) is 6.87. The number of halogens is 1. The lowest BCUT2D eigenvalue weighted by Crippen LogP contribution is -2.35. The lowest BCUT2D eigenvalue weighted by atomic mass is 9.86. The summed E-state index contributed by atoms with van der Waals surface area (Å²) in [5.41, 5.74) is 6.53. The number of amides is 1. The van der Waals surface area contributed by atoms with E-state index in [4.69, 9.17) is 5.73 Å². The molecule has 0 heterocycles. The number of nitrogens with two attached hydrogens (primary N) is 1. The molecule has 3 N–H and O–H groups in total. The van der Waals surface area contributed by atoms with Gasteiger partial charge in [-0.15, -0.1) is 0 Å². The molecule has 1 aliphatic carbocycles. The van der Waals surface area contributed by atoms with Gasteiger partial charge in [0.2, 0.25) is 0 Å². The molecule has 104 valence electrons. The van der Waals surface area contributed by atoms with E-state index >= 15 is 0 Å². The standard InChI is InChI=1S/C15H21FN2O/c1-10-4-2-7-13(14(10)16)15(19)18-9-11-5-3-6-12(17)8-11/h2,4,7,11-12H,3,5-6,8-9,17H2,1H3,(H,18,19). The van der Waals surface area contributed by atoms with Crippen LogP contribution in [0.2, 0.25) is 0 Å². The van der Waals surface area contributed by atoms with Crippen LogP contribution in [-0.2, 0) is 0 Å². The minimum atomic E-state index is -0.430. The van der Waals surface area contributed by atoms with Gasteiger partial charge >= 0.3 is 0 Å². The number of hydrogen-bond donors (Lipinski definition) is 2. The largest absolute Gasteiger partial charge is 0.352 e. The average Bonchev–Trinajstić information content (AvgIpc) is 2.39. The molecule has 0 saturated heterocycles. The Morgan fingerprint density at radius 3 is 3.00 bits per heavy atom. The van der Waals surface area contributed by atoms with Crippen molar-refractivity contribution < 1.29 is 9.18 Å². The maximum Gasteiger partial charge on any atom is 0.254 e. The van der Waals surface area contributed by atoms with Crippen LogP contribution in [0.4, 0.5) is 4.39 Å². The topological polar surface area (TPSA) is 55.1 Å². The molecule has 1 saturated carbocycles. The molecule has 2 rings (SSSR count). The lowest BCUT2D eigenvalue weighted by molar-refractivity contribution is 0.0938. The molecule has 2 unspecified atom stereocenters. The molecule has 0 radical (unpaired) electrons. The van der Waals surface area contributed by atoms with Crippen LogP contribution in [0, 0.1) is 18.7 Å². The molecule has 0 spiro atoms. The first-order valence-corrected chi connectivity index (χ1v) is 6.87. The molecule has 0 bridgehead atoms. The Kier molecular flexibility index (Phi) is 4.53. The summed E-state index contributed by atoms with van der Waals surface area (Å²) < 4.78 is 13.8. The van der Waals surface area contributed by atoms with Gasteiger partial charge in [-0.25, -0.2) is 4.39 Å². The summed E-state index contributed by atoms with van der Waals surface area (Å²) in [6.07, 6.45) is 4.21. The second-order valence-corrected chi connectivity index (χ2v) is 5.44. The van der Waals surface area contributed by atoms with Gasteiger partial charge < -0.3 is 11.1 Å². The quantitative estimate of drug-likeness (QED) is 0.880. The van der Waals surface area contributed by atoms with Gasteiger partial charge in [-0.05, 0) is 43.7 Å². The highest BCUT2D eigenvalue weighted by Gasteiger charge is 2.20. The molecule has 1 amide bonds. The first-order chi connectivity index (χ1) is 9.08. The van der Waals surface area contributed by atoms with E-state index in [1.54, 1.807) is 19.1 Å². The molecular weight excluding hydrogens is 243 g/mol. The third-order valence-electron chi connectivity index (χ3n) is 3.81. The number of benzene rings is 1. The van der Waals surface area contributed by atoms with Gasteiger partial charge in [-0.1, -0.05) is 18.6 Å². The van der Waals surface area contributed by atoms with E-state index in [1.165, 1.54) is 6.07 Å². The Labute approximate surface area is 113 Å². The number of carbonyl (C=O) groups is 1. The maximum absolute atomic E-state index is 13.8. The van der Waals surface area contributed by atoms with Crippen molar-refractivity contribution in [3.8, 4) is 0 Å². The zero-order valence-corrected chi connectivity index (χ0v) is 11.3. The van der Waals surface area contributed by atoms with E-state index < -0.39 is 5.82 Å². The fraction of sp³-hybridized carbons (Fsp3) is 0.533. The molecular formula is C15H21FN2O. The van der Waals surface area contributed by atoms with Crippen LogP contribution in [0.5, 0.6) is 0 Å². The predicted molar refractivity (Wildman–Crippen MR) is 73.4 cm³/mol. The average molecular weight is 264 g/mol. The van der Waals surface area contributed by atoms with Crippen LogP contribution in [0.15, 0.2) is 18.2 Å². The highest BCUT2D eigenvalue weighted by atomic mass is 19.1. The van der Waals surface area contributed by atoms with Gasteiger partial charge in [-0.3, -0.25) is 4.79 Å². The Morgan fingerprint density at radius 1 is 1.47 bits per heavy atom. The second kappa shape index (κ2) is 6.15. The van der Waals surface area contributed by atoms with E-state index in [1.807, 2.05) is 0 Å². The summed E-state index contributed by atoms with van der Waals surface area (Å²) in [5.74, 6) is -0.346. The third kappa shape index (κ3) is 3.53. The van der Waals surface area contributed by atoms with E-state index in [-0.39, 0.29) is 17.5 Å². The molecule has 1 aliphatic rings. The zero-order valence-electron chi connectivity index (χ0n) is 11.3. The van der Waals surface area contributed by atoms with E-state index in [2.05, 4.69) is 5.32 Å². The molecule has 3 nitrogen and oxygen atoms in total. The van der Waals surface area contributed by atoms with Crippen molar-refractivity contribution in [2.45, 2.75) is 38.6 Å². The van der Waals surface area contributed by atoms with Crippen molar-refractivity contribution in [2.75, 3.05) is 6.54 Å². The van der Waals surface area contributed by atoms with Crippen molar-refractivity contribution in [3.05, 3.63) is 35.1 Å². The molecule has 1 aromatic carbocycles. The van der Waals surface area contributed by atoms with Crippen molar-refractivity contribution in [1.29, 1.82) is 0 Å². The van der Waals surface area contributed by atoms with E-state index in [0.717, 1.165) is 25.7 Å². The monoisotopic (exact) mass is 264 g/mol. The fourth-order valence-corrected chi connectivity index (χ4v) is 2.67.